The van der Waals surface area contributed by atoms with Gasteiger partial charge in [-0.1, -0.05) is 30.3 Å². The van der Waals surface area contributed by atoms with Crippen LogP contribution >= 0.6 is 34.9 Å². The van der Waals surface area contributed by atoms with Crippen LogP contribution in [0.3, 0.4) is 0 Å². The van der Waals surface area contributed by atoms with Crippen molar-refractivity contribution >= 4 is 45.7 Å². The summed E-state index contributed by atoms with van der Waals surface area (Å²) in [6.07, 6.45) is 2.15. The van der Waals surface area contributed by atoms with Crippen LogP contribution < -0.4 is 0 Å². The summed E-state index contributed by atoms with van der Waals surface area (Å²) < 4.78 is 87.3. The first kappa shape index (κ1) is 24.9. The molecule has 3 heterocycles. The normalized spacial score (nSPS) is 30.6. The lowest BCUT2D eigenvalue weighted by Crippen LogP contribution is -2.49. The number of aliphatic carboxylic acids is 1. The molecule has 0 bridgehead atoms. The van der Waals surface area contributed by atoms with Gasteiger partial charge in [0.25, 0.3) is 0 Å². The van der Waals surface area contributed by atoms with E-state index in [0.717, 1.165) is 40.0 Å². The lowest BCUT2D eigenvalue weighted by atomic mass is 9.71. The van der Waals surface area contributed by atoms with Crippen LogP contribution in [0.15, 0.2) is 81.8 Å². The molecule has 0 radical (unpaired) electrons. The first-order valence-electron chi connectivity index (χ1n) is 11.0. The number of thioether (sulfide) groups is 2. The van der Waals surface area contributed by atoms with E-state index in [1.165, 1.54) is 31.3 Å². The van der Waals surface area contributed by atoms with E-state index in [0.29, 0.717) is 9.78 Å². The topological polar surface area (TPSA) is 37.3 Å². The van der Waals surface area contributed by atoms with Crippen molar-refractivity contribution in [2.45, 2.75) is 41.1 Å². The van der Waals surface area contributed by atoms with Crippen LogP contribution in [0.5, 0.6) is 0 Å². The molecule has 2 nitrogen and oxygen atoms in total. The van der Waals surface area contributed by atoms with E-state index in [9.17, 15) is 18.7 Å². The third-order valence-corrected chi connectivity index (χ3v) is 12.0. The smallest absolute Gasteiger partial charge is 0.380 e. The summed E-state index contributed by atoms with van der Waals surface area (Å²) in [5.74, 6) is -17.5. The molecule has 1 N–H and O–H groups in total. The average Bonchev–Trinajstić information content (AvgIpc) is 3.55. The number of hydrogen-bond donors (Lipinski definition) is 1. The summed E-state index contributed by atoms with van der Waals surface area (Å²) in [7, 11) is 0. The molecule has 6 rings (SSSR count). The Labute approximate surface area is 219 Å². The van der Waals surface area contributed by atoms with Crippen molar-refractivity contribution < 1.29 is 36.2 Å². The highest BCUT2D eigenvalue weighted by atomic mass is 32.2. The summed E-state index contributed by atoms with van der Waals surface area (Å²) in [6.45, 7) is 2.99. The van der Waals surface area contributed by atoms with Crippen molar-refractivity contribution in [1.82, 2.24) is 0 Å². The van der Waals surface area contributed by atoms with Crippen molar-refractivity contribution in [3.63, 3.8) is 0 Å². The number of alkyl halides is 6. The summed E-state index contributed by atoms with van der Waals surface area (Å²) in [4.78, 5) is 13.4. The molecule has 0 unspecified atom stereocenters. The van der Waals surface area contributed by atoms with Gasteiger partial charge in [0.05, 0.1) is 14.4 Å². The number of carboxylic acids is 1. The largest absolute Gasteiger partial charge is 0.477 e. The van der Waals surface area contributed by atoms with Gasteiger partial charge in [-0.2, -0.15) is 26.3 Å². The minimum absolute atomic E-state index is 0.321. The molecule has 1 fully saturated rings. The lowest BCUT2D eigenvalue weighted by Gasteiger charge is -2.47. The van der Waals surface area contributed by atoms with E-state index in [1.807, 2.05) is 36.4 Å². The van der Waals surface area contributed by atoms with Gasteiger partial charge in [0.15, 0.2) is 0 Å². The van der Waals surface area contributed by atoms with Crippen molar-refractivity contribution in [3.8, 4) is 10.4 Å². The van der Waals surface area contributed by atoms with Gasteiger partial charge in [-0.3, -0.25) is 0 Å². The van der Waals surface area contributed by atoms with Crippen LogP contribution in [0.1, 0.15) is 18.7 Å². The molecule has 2 atom stereocenters. The van der Waals surface area contributed by atoms with Crippen LogP contribution in [-0.4, -0.2) is 38.3 Å². The number of halogens is 6. The molecule has 2 aliphatic carbocycles. The van der Waals surface area contributed by atoms with Gasteiger partial charge in [0.2, 0.25) is 0 Å². The van der Waals surface area contributed by atoms with Gasteiger partial charge < -0.3 is 5.11 Å². The molecule has 37 heavy (non-hydrogen) atoms. The Balaban J connectivity index is 1.60. The number of carbonyl (C=O) groups is 1. The molecule has 4 aliphatic rings. The fourth-order valence-electron chi connectivity index (χ4n) is 5.36. The number of hydrogen-bond acceptors (Lipinski definition) is 4. The molecule has 0 saturated heterocycles. The molecule has 192 valence electrons. The molecule has 0 amide bonds. The second kappa shape index (κ2) is 7.39. The summed E-state index contributed by atoms with van der Waals surface area (Å²) in [5.41, 5.74) is -2.75. The predicted molar refractivity (Wildman–Crippen MR) is 134 cm³/mol. The second-order valence-electron chi connectivity index (χ2n) is 9.42. The van der Waals surface area contributed by atoms with E-state index in [1.54, 1.807) is 6.07 Å². The summed E-state index contributed by atoms with van der Waals surface area (Å²) in [6, 6.07) is 13.0. The molecule has 1 saturated carbocycles. The minimum Gasteiger partial charge on any atom is -0.477 e. The zero-order valence-corrected chi connectivity index (χ0v) is 21.5. The van der Waals surface area contributed by atoms with E-state index in [2.05, 4.69) is 0 Å². The van der Waals surface area contributed by atoms with Crippen LogP contribution in [0, 0.1) is 0 Å². The lowest BCUT2D eigenvalue weighted by molar-refractivity contribution is -0.258. The highest BCUT2D eigenvalue weighted by Crippen LogP contribution is 2.74. The third-order valence-electron chi connectivity index (χ3n) is 7.44. The maximum atomic E-state index is 15.3. The van der Waals surface area contributed by atoms with Crippen LogP contribution in [-0.2, 0) is 4.79 Å². The van der Waals surface area contributed by atoms with Gasteiger partial charge in [-0.05, 0) is 54.8 Å². The molecular formula is C26H16F6O2S3. The van der Waals surface area contributed by atoms with Crippen molar-refractivity contribution in [2.75, 3.05) is 0 Å². The van der Waals surface area contributed by atoms with E-state index < -0.39 is 50.0 Å². The Morgan fingerprint density at radius 2 is 1.30 bits per heavy atom. The van der Waals surface area contributed by atoms with Crippen molar-refractivity contribution in [1.29, 1.82) is 0 Å². The van der Waals surface area contributed by atoms with Gasteiger partial charge in [0, 0.05) is 25.8 Å². The fourth-order valence-corrected chi connectivity index (χ4v) is 9.43. The van der Waals surface area contributed by atoms with Crippen LogP contribution in [0.4, 0.5) is 26.3 Å². The average molecular weight is 571 g/mol. The molecule has 2 aromatic rings. The van der Waals surface area contributed by atoms with Crippen LogP contribution in [0.2, 0.25) is 0 Å². The van der Waals surface area contributed by atoms with E-state index >= 15 is 17.6 Å². The Morgan fingerprint density at radius 3 is 1.89 bits per heavy atom. The SMILES string of the molecule is C[C@@]12SC(C(=O)O)=CC1=C1C(=C3C=C(c4ccc(-c5ccccc5)s4)S[C@]32C)C(F)(F)C(F)(F)C1(F)F. The maximum absolute atomic E-state index is 15.3. The Morgan fingerprint density at radius 1 is 0.757 bits per heavy atom. The van der Waals surface area contributed by atoms with Crippen molar-refractivity contribution in [2.24, 2.45) is 0 Å². The summed E-state index contributed by atoms with van der Waals surface area (Å²) >= 11 is 3.19. The number of thiophene rings is 1. The molecule has 1 aromatic heterocycles. The molecule has 11 heteroatoms. The zero-order valence-electron chi connectivity index (χ0n) is 19.0. The predicted octanol–water partition coefficient (Wildman–Crippen LogP) is 8.26. The first-order chi connectivity index (χ1) is 17.2. The quantitative estimate of drug-likeness (QED) is 0.377. The summed E-state index contributed by atoms with van der Waals surface area (Å²) in [5, 5.41) is 9.59. The molecular weight excluding hydrogens is 554 g/mol. The van der Waals surface area contributed by atoms with Gasteiger partial charge in [-0.25, -0.2) is 4.79 Å². The monoisotopic (exact) mass is 570 g/mol. The van der Waals surface area contributed by atoms with Gasteiger partial charge in [-0.15, -0.1) is 34.9 Å². The van der Waals surface area contributed by atoms with Crippen LogP contribution in [0.25, 0.3) is 15.3 Å². The number of fused-ring (bicyclic) bond motifs is 4. The standard InChI is InChI=1S/C26H16F6O2S3/c1-22-13(10-17(36-22)16-9-8-15(35-16)12-6-4-3-5-7-12)19-20(25(29,30)26(31,32)24(19,27)28)14-11-18(21(33)34)37-23(14,22)2/h3-11H,1-2H3,(H,33,34)/t22-,23-/m1/s1. The van der Waals surface area contributed by atoms with Crippen molar-refractivity contribution in [3.05, 3.63) is 86.7 Å². The van der Waals surface area contributed by atoms with E-state index in [4.69, 9.17) is 0 Å². The molecule has 1 aromatic carbocycles. The molecule has 0 spiro atoms. The minimum atomic E-state index is -5.67. The number of carboxylic acid groups (broad SMARTS) is 1. The van der Waals surface area contributed by atoms with Gasteiger partial charge in [0.1, 0.15) is 0 Å². The highest BCUT2D eigenvalue weighted by molar-refractivity contribution is 8.12. The fraction of sp³-hybridized carbons (Fsp3) is 0.269. The number of rotatable bonds is 3. The Hall–Kier alpha value is -2.37. The Kier molecular flexibility index (Phi) is 4.98. The third kappa shape index (κ3) is 2.90. The highest BCUT2D eigenvalue weighted by Gasteiger charge is 2.84. The first-order valence-corrected chi connectivity index (χ1v) is 13.5. The second-order valence-corrected chi connectivity index (χ2v) is 13.4. The molecule has 2 aliphatic heterocycles. The van der Waals surface area contributed by atoms with E-state index in [-0.39, 0.29) is 10.5 Å². The maximum Gasteiger partial charge on any atom is 0.380 e. The number of benzene rings is 1. The Bertz CT molecular complexity index is 1520. The number of allylic oxidation sites excluding steroid dienone is 4. The zero-order chi connectivity index (χ0) is 26.8. The van der Waals surface area contributed by atoms with Gasteiger partial charge >= 0.3 is 23.7 Å².